The first kappa shape index (κ1) is 33.9. The van der Waals surface area contributed by atoms with Gasteiger partial charge in [-0.05, 0) is 43.0 Å². The molecule has 0 bridgehead atoms. The highest BCUT2D eigenvalue weighted by molar-refractivity contribution is 7.99. The largest absolute Gasteiger partial charge is 0.467 e. The van der Waals surface area contributed by atoms with Gasteiger partial charge in [-0.1, -0.05) is 30.7 Å². The van der Waals surface area contributed by atoms with Gasteiger partial charge in [-0.2, -0.15) is 28.1 Å². The maximum Gasteiger partial charge on any atom is 0.418 e. The highest BCUT2D eigenvalue weighted by Gasteiger charge is 2.34. The zero-order valence-corrected chi connectivity index (χ0v) is 25.0. The predicted molar refractivity (Wildman–Crippen MR) is 148 cm³/mol. The van der Waals surface area contributed by atoms with Crippen molar-refractivity contribution in [1.82, 2.24) is 19.7 Å². The van der Waals surface area contributed by atoms with Crippen LogP contribution >= 0.6 is 23.4 Å². The van der Waals surface area contributed by atoms with Crippen LogP contribution in [0.4, 0.5) is 29.6 Å². The number of carbonyl (C=O) groups is 1. The van der Waals surface area contributed by atoms with Crippen molar-refractivity contribution in [1.29, 1.82) is 0 Å². The van der Waals surface area contributed by atoms with Crippen LogP contribution < -0.4 is 19.5 Å². The van der Waals surface area contributed by atoms with E-state index in [0.29, 0.717) is 16.5 Å². The van der Waals surface area contributed by atoms with E-state index in [1.807, 2.05) is 16.4 Å². The van der Waals surface area contributed by atoms with Crippen LogP contribution in [0, 0.1) is 6.92 Å². The van der Waals surface area contributed by atoms with Crippen molar-refractivity contribution >= 4 is 61.1 Å². The number of aryl methyl sites for hydroxylation is 1. The Morgan fingerprint density at radius 3 is 2.29 bits per heavy atom. The molecule has 0 unspecified atom stereocenters. The van der Waals surface area contributed by atoms with Crippen LogP contribution in [-0.2, 0) is 26.2 Å². The molecule has 0 aliphatic rings. The molecule has 41 heavy (non-hydrogen) atoms. The standard InChI is InChI=1S/C12H12ClN5O4S.C10H12F3NO2S2/c1-7-14-10(17-12(15-7)22-2)16-11(19)18-23(20,21)9-6-4-3-5-8(9)13;1-3-17-7-4-5-9(14-18(2,15)16)8(6-7)10(11,12)13/h3-6H,1-2H3,(H2,14,15,16,17,18,19);4-6,14H,3H2,1-2H3. The molecule has 0 saturated carbocycles. The van der Waals surface area contributed by atoms with E-state index in [0.717, 1.165) is 18.4 Å². The lowest BCUT2D eigenvalue weighted by atomic mass is 10.2. The second-order valence-electron chi connectivity index (χ2n) is 7.70. The number of methoxy groups -OCH3 is 1. The highest BCUT2D eigenvalue weighted by atomic mass is 35.5. The van der Waals surface area contributed by atoms with Crippen molar-refractivity contribution in [3.05, 3.63) is 58.9 Å². The first-order chi connectivity index (χ1) is 18.9. The van der Waals surface area contributed by atoms with E-state index in [2.05, 4.69) is 20.3 Å². The topological polar surface area (TPSA) is 169 Å². The number of hydrogen-bond donors (Lipinski definition) is 3. The fourth-order valence-electron chi connectivity index (χ4n) is 2.87. The third-order valence-corrected chi connectivity index (χ3v) is 7.69. The van der Waals surface area contributed by atoms with Gasteiger partial charge in [0.2, 0.25) is 16.0 Å². The van der Waals surface area contributed by atoms with Crippen molar-refractivity contribution in [2.45, 2.75) is 29.8 Å². The Hall–Kier alpha value is -3.35. The molecule has 3 N–H and O–H groups in total. The van der Waals surface area contributed by atoms with Crippen LogP contribution in [0.3, 0.4) is 0 Å². The lowest BCUT2D eigenvalue weighted by Crippen LogP contribution is -2.35. The van der Waals surface area contributed by atoms with Crippen molar-refractivity contribution < 1.29 is 39.5 Å². The Balaban J connectivity index is 0.000000296. The van der Waals surface area contributed by atoms with Gasteiger partial charge in [-0.3, -0.25) is 10.0 Å². The minimum atomic E-state index is -4.60. The van der Waals surface area contributed by atoms with E-state index < -0.39 is 43.5 Å². The van der Waals surface area contributed by atoms with Gasteiger partial charge in [0.25, 0.3) is 10.0 Å². The van der Waals surface area contributed by atoms with Crippen LogP contribution in [-0.4, -0.2) is 56.9 Å². The number of aromatic nitrogens is 3. The number of nitrogens with one attached hydrogen (secondary N) is 3. The number of benzene rings is 2. The first-order valence-electron chi connectivity index (χ1n) is 11.1. The van der Waals surface area contributed by atoms with Gasteiger partial charge in [0.15, 0.2) is 0 Å². The smallest absolute Gasteiger partial charge is 0.418 e. The lowest BCUT2D eigenvalue weighted by Gasteiger charge is -2.14. The number of rotatable bonds is 8. The number of ether oxygens (including phenoxy) is 1. The molecule has 3 rings (SSSR count). The van der Waals surface area contributed by atoms with Crippen molar-refractivity contribution in [2.24, 2.45) is 0 Å². The van der Waals surface area contributed by atoms with E-state index in [-0.39, 0.29) is 21.9 Å². The monoisotopic (exact) mass is 656 g/mol. The summed E-state index contributed by atoms with van der Waals surface area (Å²) in [5, 5.41) is 2.18. The summed E-state index contributed by atoms with van der Waals surface area (Å²) in [4.78, 5) is 23.5. The molecule has 1 aromatic heterocycles. The van der Waals surface area contributed by atoms with E-state index in [1.165, 1.54) is 43.1 Å². The van der Waals surface area contributed by atoms with E-state index in [4.69, 9.17) is 16.3 Å². The average Bonchev–Trinajstić information content (AvgIpc) is 2.83. The SMILES string of the molecule is CCSc1ccc(NS(C)(=O)=O)c(C(F)(F)F)c1.COc1nc(C)nc(NC(=O)NS(=O)(=O)c2ccccc2Cl)n1. The molecule has 3 aromatic rings. The second-order valence-corrected chi connectivity index (χ2v) is 12.8. The molecule has 12 nitrogen and oxygen atoms in total. The molecule has 0 radical (unpaired) electrons. The maximum absolute atomic E-state index is 12.8. The van der Waals surface area contributed by atoms with Crippen LogP contribution in [0.15, 0.2) is 52.3 Å². The number of halogens is 4. The molecular weight excluding hydrogens is 633 g/mol. The second kappa shape index (κ2) is 14.0. The molecular formula is C22H24ClF3N6O6S3. The minimum absolute atomic E-state index is 0.00882. The molecule has 19 heteroatoms. The van der Waals surface area contributed by atoms with Crippen molar-refractivity contribution in [3.63, 3.8) is 0 Å². The van der Waals surface area contributed by atoms with Gasteiger partial charge in [0.1, 0.15) is 10.7 Å². The van der Waals surface area contributed by atoms with Crippen LogP contribution in [0.25, 0.3) is 0 Å². The van der Waals surface area contributed by atoms with Gasteiger partial charge >= 0.3 is 18.2 Å². The molecule has 1 heterocycles. The molecule has 0 saturated heterocycles. The number of carbonyl (C=O) groups excluding carboxylic acids is 1. The summed E-state index contributed by atoms with van der Waals surface area (Å²) in [5.41, 5.74) is -1.43. The molecule has 0 fully saturated rings. The lowest BCUT2D eigenvalue weighted by molar-refractivity contribution is -0.137. The fraction of sp³-hybridized carbons (Fsp3) is 0.273. The Morgan fingerprint density at radius 2 is 1.73 bits per heavy atom. The Labute approximate surface area is 243 Å². The van der Waals surface area contributed by atoms with E-state index in [9.17, 15) is 34.8 Å². The number of nitrogens with zero attached hydrogens (tertiary/aromatic N) is 3. The summed E-state index contributed by atoms with van der Waals surface area (Å²) in [6, 6.07) is 8.20. The van der Waals surface area contributed by atoms with Gasteiger partial charge in [-0.15, -0.1) is 11.8 Å². The third kappa shape index (κ3) is 10.9. The van der Waals surface area contributed by atoms with Gasteiger partial charge in [0, 0.05) is 4.90 Å². The number of urea groups is 1. The number of anilines is 2. The Bertz CT molecular complexity index is 1610. The highest BCUT2D eigenvalue weighted by Crippen LogP contribution is 2.37. The fourth-order valence-corrected chi connectivity index (χ4v) is 5.58. The van der Waals surface area contributed by atoms with Crippen LogP contribution in [0.1, 0.15) is 18.3 Å². The summed E-state index contributed by atoms with van der Waals surface area (Å²) in [5.74, 6) is 0.776. The van der Waals surface area contributed by atoms with Crippen LogP contribution in [0.5, 0.6) is 6.01 Å². The molecule has 0 aliphatic heterocycles. The maximum atomic E-state index is 12.8. The zero-order valence-electron chi connectivity index (χ0n) is 21.8. The number of hydrogen-bond acceptors (Lipinski definition) is 10. The summed E-state index contributed by atoms with van der Waals surface area (Å²) < 4.78 is 93.1. The normalized spacial score (nSPS) is 11.6. The van der Waals surface area contributed by atoms with E-state index in [1.54, 1.807) is 13.0 Å². The summed E-state index contributed by atoms with van der Waals surface area (Å²) in [6.45, 7) is 3.38. The summed E-state index contributed by atoms with van der Waals surface area (Å²) in [6.07, 6.45) is -3.79. The van der Waals surface area contributed by atoms with Gasteiger partial charge < -0.3 is 4.74 Å². The molecule has 0 aliphatic carbocycles. The number of sulfonamides is 2. The van der Waals surface area contributed by atoms with Gasteiger partial charge in [-0.25, -0.2) is 26.4 Å². The zero-order chi connectivity index (χ0) is 31.0. The number of thioether (sulfide) groups is 1. The van der Waals surface area contributed by atoms with E-state index >= 15 is 0 Å². The third-order valence-electron chi connectivity index (χ3n) is 4.39. The number of amides is 2. The average molecular weight is 657 g/mol. The molecule has 2 aromatic carbocycles. The van der Waals surface area contributed by atoms with Crippen LogP contribution in [0.2, 0.25) is 5.02 Å². The Morgan fingerprint density at radius 1 is 1.07 bits per heavy atom. The summed E-state index contributed by atoms with van der Waals surface area (Å²) in [7, 11) is -6.53. The first-order valence-corrected chi connectivity index (χ1v) is 15.9. The minimum Gasteiger partial charge on any atom is -0.467 e. The Kier molecular flexibility index (Phi) is 11.6. The molecule has 224 valence electrons. The molecule has 0 atom stereocenters. The molecule has 2 amide bonds. The van der Waals surface area contributed by atoms with Gasteiger partial charge in [0.05, 0.1) is 29.6 Å². The van der Waals surface area contributed by atoms with Crippen molar-refractivity contribution in [2.75, 3.05) is 29.2 Å². The quantitative estimate of drug-likeness (QED) is 0.293. The van der Waals surface area contributed by atoms with Crippen molar-refractivity contribution in [3.8, 4) is 6.01 Å². The molecule has 0 spiro atoms. The predicted octanol–water partition coefficient (Wildman–Crippen LogP) is 4.54. The summed E-state index contributed by atoms with van der Waals surface area (Å²) >= 11 is 7.07. The number of alkyl halides is 3.